The fraction of sp³-hybridized carbons (Fsp3) is 0.818. The van der Waals surface area contributed by atoms with Gasteiger partial charge < -0.3 is 12.2 Å². The van der Waals surface area contributed by atoms with E-state index in [1.54, 1.807) is 0 Å². The average molecular weight is 291 g/mol. The van der Waals surface area contributed by atoms with Crippen molar-refractivity contribution in [1.29, 1.82) is 0 Å². The largest absolute Gasteiger partial charge is 1.00 e. The molecule has 0 radical (unpaired) electrons. The first-order chi connectivity index (χ1) is 6.84. The molecule has 106 valence electrons. The Bertz CT molecular complexity index is 272. The monoisotopic (exact) mass is 291 g/mol. The van der Waals surface area contributed by atoms with Gasteiger partial charge in [-0.05, 0) is 6.42 Å². The molecule has 0 aliphatic rings. The number of carbonyl (C=O) groups excluding carboxylic acids is 1. The fourth-order valence-corrected chi connectivity index (χ4v) is 0.631. The Morgan fingerprint density at radius 2 is 1.50 bits per heavy atom. The molecule has 5 nitrogen and oxygen atoms in total. The summed E-state index contributed by atoms with van der Waals surface area (Å²) in [6, 6.07) is 0.0662. The van der Waals surface area contributed by atoms with E-state index < -0.39 is 10.6 Å². The molecule has 0 aliphatic heterocycles. The van der Waals surface area contributed by atoms with Gasteiger partial charge in [-0.1, -0.05) is 48.1 Å². The Balaban J connectivity index is -0.0000000712. The van der Waals surface area contributed by atoms with E-state index in [-0.39, 0.29) is 62.3 Å². The van der Waals surface area contributed by atoms with Crippen molar-refractivity contribution in [2.75, 3.05) is 0 Å². The Labute approximate surface area is 135 Å². The number of rotatable bonds is 4. The van der Waals surface area contributed by atoms with Crippen LogP contribution in [0.3, 0.4) is 0 Å². The summed E-state index contributed by atoms with van der Waals surface area (Å²) in [7, 11) is -3.11. The number of hydrogen-bond donors (Lipinski definition) is 1. The van der Waals surface area contributed by atoms with Gasteiger partial charge in [-0.2, -0.15) is 0 Å². The zero-order valence-corrected chi connectivity index (χ0v) is 13.1. The second-order valence-corrected chi connectivity index (χ2v) is 3.54. The zero-order chi connectivity index (χ0) is 12.4. The van der Waals surface area contributed by atoms with Gasteiger partial charge in [0.1, 0.15) is 0 Å². The molecule has 0 bridgehead atoms. The molecule has 7 heteroatoms. The third kappa shape index (κ3) is 25.1. The second kappa shape index (κ2) is 19.4. The summed E-state index contributed by atoms with van der Waals surface area (Å²) in [5, 5.41) is 2.83. The van der Waals surface area contributed by atoms with Crippen LogP contribution in [0.4, 0.5) is 0 Å². The van der Waals surface area contributed by atoms with E-state index in [0.29, 0.717) is 0 Å². The number of hydrogen-bond acceptors (Lipinski definition) is 4. The van der Waals surface area contributed by atoms with E-state index >= 15 is 0 Å². The summed E-state index contributed by atoms with van der Waals surface area (Å²) in [6.45, 7) is 9.73. The van der Waals surface area contributed by atoms with Gasteiger partial charge >= 0.3 is 40.2 Å². The molecule has 0 aromatic heterocycles. The topological polar surface area (TPSA) is 80.3 Å². The van der Waals surface area contributed by atoms with Gasteiger partial charge in [0.15, 0.2) is 0 Å². The van der Waals surface area contributed by atoms with Crippen LogP contribution in [0.15, 0.2) is 0 Å². The van der Waals surface area contributed by atoms with Gasteiger partial charge in [-0.25, -0.2) is 0 Å². The third-order valence-corrected chi connectivity index (χ3v) is 1.90. The van der Waals surface area contributed by atoms with Crippen LogP contribution in [-0.2, 0) is 15.4 Å². The van der Waals surface area contributed by atoms with Crippen LogP contribution in [0.1, 0.15) is 48.5 Å². The molecule has 2 atom stereocenters. The maximum atomic E-state index is 11.2. The number of amides is 1. The van der Waals surface area contributed by atoms with Crippen LogP contribution in [0.5, 0.6) is 0 Å². The minimum absolute atomic E-state index is 0. The number of carbonyl (C=O) groups is 1. The molecule has 0 aromatic rings. The maximum absolute atomic E-state index is 11.2. The summed E-state index contributed by atoms with van der Waals surface area (Å²) in [5.74, 6) is 0.236. The molecule has 0 aromatic carbocycles. The minimum atomic E-state index is -3.11. The van der Waals surface area contributed by atoms with E-state index in [1.807, 2.05) is 20.8 Å². The molecular weight excluding hydrogens is 265 g/mol. The SMILES string of the molecule is C.C.O=S(=O)=O.[CH2-]C(CC)NC(=O)C(C)CC.[Na+]. The molecule has 0 saturated carbocycles. The summed E-state index contributed by atoms with van der Waals surface area (Å²) < 4.78 is 25.3. The Morgan fingerprint density at radius 1 is 1.17 bits per heavy atom. The van der Waals surface area contributed by atoms with E-state index in [2.05, 4.69) is 12.2 Å². The molecule has 1 N–H and O–H groups in total. The van der Waals surface area contributed by atoms with Crippen molar-refractivity contribution in [3.05, 3.63) is 6.92 Å². The molecule has 0 saturated heterocycles. The quantitative estimate of drug-likeness (QED) is 0.534. The number of nitrogens with one attached hydrogen (secondary N) is 1. The standard InChI is InChI=1S/C9H18NO.2CH4.Na.O3S/c1-5-7(3)9(11)10-8(4)6-2;;;;1-4(2)3/h7-8H,4-6H2,1-3H3,(H,10,11);2*1H4;;/q-1;;;+1;. The van der Waals surface area contributed by atoms with Crippen LogP contribution in [-0.4, -0.2) is 24.6 Å². The first-order valence-corrected chi connectivity index (χ1v) is 5.75. The third-order valence-electron chi connectivity index (χ3n) is 1.90. The maximum Gasteiger partial charge on any atom is 1.00 e. The van der Waals surface area contributed by atoms with E-state index in [1.165, 1.54) is 0 Å². The molecule has 2 unspecified atom stereocenters. The van der Waals surface area contributed by atoms with Gasteiger partial charge in [0, 0.05) is 5.92 Å². The van der Waals surface area contributed by atoms with Crippen LogP contribution in [0.2, 0.25) is 0 Å². The molecular formula is C11H26NNaO4S. The summed E-state index contributed by atoms with van der Waals surface area (Å²) in [6.07, 6.45) is 1.78. The van der Waals surface area contributed by atoms with Crippen LogP contribution in [0, 0.1) is 12.8 Å². The molecule has 0 aliphatic carbocycles. The molecule has 0 spiro atoms. The van der Waals surface area contributed by atoms with Crippen molar-refractivity contribution in [3.63, 3.8) is 0 Å². The van der Waals surface area contributed by atoms with Crippen LogP contribution in [0.25, 0.3) is 0 Å². The van der Waals surface area contributed by atoms with E-state index in [4.69, 9.17) is 12.6 Å². The van der Waals surface area contributed by atoms with Crippen LogP contribution >= 0.6 is 0 Å². The van der Waals surface area contributed by atoms with Gasteiger partial charge in [0.05, 0.1) is 0 Å². The first-order valence-electron chi connectivity index (χ1n) is 4.75. The van der Waals surface area contributed by atoms with Gasteiger partial charge in [0.25, 0.3) is 0 Å². The first kappa shape index (κ1) is 30.8. The van der Waals surface area contributed by atoms with Gasteiger partial charge in [-0.15, -0.1) is 12.6 Å². The van der Waals surface area contributed by atoms with Crippen molar-refractivity contribution < 1.29 is 47.0 Å². The Morgan fingerprint density at radius 3 is 1.72 bits per heavy atom. The molecule has 18 heavy (non-hydrogen) atoms. The normalized spacial score (nSPS) is 10.9. The minimum Gasteiger partial charge on any atom is -0.383 e. The Kier molecular flexibility index (Phi) is 33.3. The van der Waals surface area contributed by atoms with E-state index in [0.717, 1.165) is 12.8 Å². The molecule has 0 heterocycles. The average Bonchev–Trinajstić information content (AvgIpc) is 2.15. The van der Waals surface area contributed by atoms with Crippen molar-refractivity contribution in [2.24, 2.45) is 5.92 Å². The van der Waals surface area contributed by atoms with Gasteiger partial charge in [-0.3, -0.25) is 4.79 Å². The van der Waals surface area contributed by atoms with Crippen molar-refractivity contribution in [2.45, 2.75) is 54.5 Å². The zero-order valence-electron chi connectivity index (χ0n) is 10.3. The van der Waals surface area contributed by atoms with Crippen molar-refractivity contribution in [3.8, 4) is 0 Å². The predicted octanol–water partition coefficient (Wildman–Crippen LogP) is -0.967. The summed E-state index contributed by atoms with van der Waals surface area (Å²) in [4.78, 5) is 11.2. The fourth-order valence-electron chi connectivity index (χ4n) is 0.631. The molecule has 0 fully saturated rings. The second-order valence-electron chi connectivity index (χ2n) is 3.13. The Hall–Kier alpha value is 0.0900. The van der Waals surface area contributed by atoms with E-state index in [9.17, 15) is 4.79 Å². The summed E-state index contributed by atoms with van der Waals surface area (Å²) in [5.41, 5.74) is 0. The van der Waals surface area contributed by atoms with Crippen LogP contribution < -0.4 is 34.9 Å². The van der Waals surface area contributed by atoms with Crippen molar-refractivity contribution >= 4 is 16.5 Å². The van der Waals surface area contributed by atoms with Crippen molar-refractivity contribution in [1.82, 2.24) is 5.32 Å². The summed E-state index contributed by atoms with van der Waals surface area (Å²) >= 11 is 0. The smallest absolute Gasteiger partial charge is 0.383 e. The molecule has 0 rings (SSSR count). The predicted molar refractivity (Wildman–Crippen MR) is 70.2 cm³/mol. The van der Waals surface area contributed by atoms with Gasteiger partial charge in [0.2, 0.25) is 5.91 Å². The molecule has 1 amide bonds.